The molecule has 0 saturated heterocycles. The highest BCUT2D eigenvalue weighted by Gasteiger charge is 2.10. The molecule has 0 heterocycles. The Morgan fingerprint density at radius 2 is 1.63 bits per heavy atom. The number of hydrazine groups is 1. The normalized spacial score (nSPS) is 10.6. The van der Waals surface area contributed by atoms with E-state index >= 15 is 0 Å². The van der Waals surface area contributed by atoms with Crippen molar-refractivity contribution in [2.45, 2.75) is 39.7 Å². The van der Waals surface area contributed by atoms with Gasteiger partial charge < -0.3 is 9.47 Å². The van der Waals surface area contributed by atoms with Gasteiger partial charge in [0.25, 0.3) is 11.8 Å². The molecule has 2 N–H and O–H groups in total. The maximum Gasteiger partial charge on any atom is 0.276 e. The fourth-order valence-corrected chi connectivity index (χ4v) is 2.32. The Labute approximate surface area is 159 Å². The summed E-state index contributed by atoms with van der Waals surface area (Å²) in [5, 5.41) is 0. The first kappa shape index (κ1) is 20.3. The fourth-order valence-electron chi connectivity index (χ4n) is 2.32. The maximum atomic E-state index is 12.1. The van der Waals surface area contributed by atoms with E-state index in [9.17, 15) is 9.59 Å². The lowest BCUT2D eigenvalue weighted by Crippen LogP contribution is -2.43. The van der Waals surface area contributed by atoms with E-state index in [2.05, 4.69) is 24.7 Å². The van der Waals surface area contributed by atoms with Gasteiger partial charge in [-0.25, -0.2) is 0 Å². The Balaban J connectivity index is 1.80. The predicted octanol–water partition coefficient (Wildman–Crippen LogP) is 3.44. The van der Waals surface area contributed by atoms with Crippen LogP contribution < -0.4 is 20.3 Å². The van der Waals surface area contributed by atoms with Crippen molar-refractivity contribution in [3.8, 4) is 11.5 Å². The number of rotatable bonds is 7. The van der Waals surface area contributed by atoms with E-state index in [1.165, 1.54) is 5.56 Å². The van der Waals surface area contributed by atoms with E-state index in [0.717, 1.165) is 0 Å². The van der Waals surface area contributed by atoms with Crippen molar-refractivity contribution in [2.24, 2.45) is 0 Å². The second-order valence-electron chi connectivity index (χ2n) is 6.71. The molecule has 0 aliphatic carbocycles. The molecule has 0 spiro atoms. The second-order valence-corrected chi connectivity index (χ2v) is 6.71. The van der Waals surface area contributed by atoms with Crippen LogP contribution in [0.4, 0.5) is 0 Å². The molecule has 144 valence electrons. The van der Waals surface area contributed by atoms with Crippen LogP contribution in [-0.2, 0) is 4.79 Å². The molecule has 2 aromatic carbocycles. The molecule has 0 unspecified atom stereocenters. The third-order valence-electron chi connectivity index (χ3n) is 3.70. The third-order valence-corrected chi connectivity index (χ3v) is 3.70. The SMILES string of the molecule is CC(C)Oc1cccc(C(=O)NNC(=O)COc2ccc(C(C)C)cc2)c1. The molecule has 0 aliphatic rings. The van der Waals surface area contributed by atoms with Gasteiger partial charge in [0.1, 0.15) is 11.5 Å². The summed E-state index contributed by atoms with van der Waals surface area (Å²) < 4.78 is 11.0. The zero-order chi connectivity index (χ0) is 19.8. The molecule has 2 amide bonds. The number of benzene rings is 2. The first-order chi connectivity index (χ1) is 12.8. The number of carbonyl (C=O) groups excluding carboxylic acids is 2. The Morgan fingerprint density at radius 3 is 2.26 bits per heavy atom. The number of hydrogen-bond donors (Lipinski definition) is 2. The van der Waals surface area contributed by atoms with Gasteiger partial charge in [-0.15, -0.1) is 0 Å². The highest BCUT2D eigenvalue weighted by Crippen LogP contribution is 2.18. The van der Waals surface area contributed by atoms with Crippen LogP contribution in [-0.4, -0.2) is 24.5 Å². The van der Waals surface area contributed by atoms with Gasteiger partial charge in [0.2, 0.25) is 0 Å². The van der Waals surface area contributed by atoms with Crippen LogP contribution >= 0.6 is 0 Å². The molecule has 0 fully saturated rings. The molecule has 2 rings (SSSR count). The first-order valence-electron chi connectivity index (χ1n) is 8.94. The van der Waals surface area contributed by atoms with E-state index in [-0.39, 0.29) is 12.7 Å². The number of nitrogens with one attached hydrogen (secondary N) is 2. The maximum absolute atomic E-state index is 12.1. The van der Waals surface area contributed by atoms with Crippen molar-refractivity contribution >= 4 is 11.8 Å². The van der Waals surface area contributed by atoms with Crippen LogP contribution in [0, 0.1) is 0 Å². The highest BCUT2D eigenvalue weighted by molar-refractivity contribution is 5.95. The van der Waals surface area contributed by atoms with Gasteiger partial charge in [-0.05, 0) is 55.7 Å². The van der Waals surface area contributed by atoms with Crippen LogP contribution in [0.3, 0.4) is 0 Å². The molecule has 0 aromatic heterocycles. The molecular weight excluding hydrogens is 344 g/mol. The van der Waals surface area contributed by atoms with Gasteiger partial charge in [0.15, 0.2) is 6.61 Å². The van der Waals surface area contributed by atoms with Crippen LogP contribution in [0.1, 0.15) is 49.5 Å². The van der Waals surface area contributed by atoms with Crippen LogP contribution in [0.5, 0.6) is 11.5 Å². The zero-order valence-corrected chi connectivity index (χ0v) is 16.1. The number of amides is 2. The highest BCUT2D eigenvalue weighted by atomic mass is 16.5. The van der Waals surface area contributed by atoms with E-state index in [1.807, 2.05) is 38.1 Å². The molecule has 0 saturated carbocycles. The summed E-state index contributed by atoms with van der Waals surface area (Å²) in [6, 6.07) is 14.3. The largest absolute Gasteiger partial charge is 0.491 e. The van der Waals surface area contributed by atoms with Crippen LogP contribution in [0.25, 0.3) is 0 Å². The summed E-state index contributed by atoms with van der Waals surface area (Å²) in [4.78, 5) is 24.0. The molecule has 27 heavy (non-hydrogen) atoms. The summed E-state index contributed by atoms with van der Waals surface area (Å²) >= 11 is 0. The molecule has 0 bridgehead atoms. The Bertz CT molecular complexity index is 770. The number of ether oxygens (including phenoxy) is 2. The standard InChI is InChI=1S/C21H26N2O4/c1-14(2)16-8-10-18(11-9-16)26-13-20(24)22-23-21(25)17-6-5-7-19(12-17)27-15(3)4/h5-12,14-15H,13H2,1-4H3,(H,22,24)(H,23,25). The minimum absolute atomic E-state index is 0.00904. The van der Waals surface area contributed by atoms with Crippen molar-refractivity contribution in [3.63, 3.8) is 0 Å². The molecule has 6 heteroatoms. The van der Waals surface area contributed by atoms with Gasteiger partial charge in [-0.1, -0.05) is 32.0 Å². The molecule has 2 aromatic rings. The summed E-state index contributed by atoms with van der Waals surface area (Å²) in [7, 11) is 0. The molecular formula is C21H26N2O4. The average Bonchev–Trinajstić information content (AvgIpc) is 2.64. The Morgan fingerprint density at radius 1 is 0.926 bits per heavy atom. The lowest BCUT2D eigenvalue weighted by Gasteiger charge is -2.12. The fraction of sp³-hybridized carbons (Fsp3) is 0.333. The average molecular weight is 370 g/mol. The quantitative estimate of drug-likeness (QED) is 0.732. The third kappa shape index (κ3) is 6.66. The second kappa shape index (κ2) is 9.62. The smallest absolute Gasteiger partial charge is 0.276 e. The Hall–Kier alpha value is -3.02. The minimum Gasteiger partial charge on any atom is -0.491 e. The number of hydrogen-bond acceptors (Lipinski definition) is 4. The minimum atomic E-state index is -0.453. The molecule has 0 atom stereocenters. The van der Waals surface area contributed by atoms with E-state index < -0.39 is 11.8 Å². The van der Waals surface area contributed by atoms with Crippen molar-refractivity contribution in [2.75, 3.05) is 6.61 Å². The van der Waals surface area contributed by atoms with E-state index in [0.29, 0.717) is 23.0 Å². The van der Waals surface area contributed by atoms with Crippen molar-refractivity contribution in [3.05, 3.63) is 59.7 Å². The molecule has 0 radical (unpaired) electrons. The molecule has 6 nitrogen and oxygen atoms in total. The van der Waals surface area contributed by atoms with Crippen molar-refractivity contribution in [1.29, 1.82) is 0 Å². The van der Waals surface area contributed by atoms with Crippen molar-refractivity contribution < 1.29 is 19.1 Å². The first-order valence-corrected chi connectivity index (χ1v) is 8.94. The van der Waals surface area contributed by atoms with Gasteiger partial charge in [-0.2, -0.15) is 0 Å². The van der Waals surface area contributed by atoms with Crippen LogP contribution in [0.15, 0.2) is 48.5 Å². The van der Waals surface area contributed by atoms with Gasteiger partial charge in [0.05, 0.1) is 6.10 Å². The van der Waals surface area contributed by atoms with Crippen molar-refractivity contribution in [1.82, 2.24) is 10.9 Å². The summed E-state index contributed by atoms with van der Waals surface area (Å²) in [5.74, 6) is 0.739. The monoisotopic (exact) mass is 370 g/mol. The summed E-state index contributed by atoms with van der Waals surface area (Å²) in [6.07, 6.45) is 0.00904. The Kier molecular flexibility index (Phi) is 7.23. The summed E-state index contributed by atoms with van der Waals surface area (Å²) in [5.41, 5.74) is 6.29. The topological polar surface area (TPSA) is 76.7 Å². The van der Waals surface area contributed by atoms with E-state index in [4.69, 9.17) is 9.47 Å². The lowest BCUT2D eigenvalue weighted by molar-refractivity contribution is -0.123. The zero-order valence-electron chi connectivity index (χ0n) is 16.1. The van der Waals surface area contributed by atoms with Gasteiger partial charge in [-0.3, -0.25) is 20.4 Å². The van der Waals surface area contributed by atoms with E-state index in [1.54, 1.807) is 24.3 Å². The van der Waals surface area contributed by atoms with Crippen LogP contribution in [0.2, 0.25) is 0 Å². The lowest BCUT2D eigenvalue weighted by atomic mass is 10.0. The van der Waals surface area contributed by atoms with Gasteiger partial charge >= 0.3 is 0 Å². The van der Waals surface area contributed by atoms with Gasteiger partial charge in [0, 0.05) is 5.56 Å². The number of carbonyl (C=O) groups is 2. The molecule has 0 aliphatic heterocycles. The predicted molar refractivity (Wildman–Crippen MR) is 104 cm³/mol. The summed E-state index contributed by atoms with van der Waals surface area (Å²) in [6.45, 7) is 7.83.